The maximum atomic E-state index is 6.34. The summed E-state index contributed by atoms with van der Waals surface area (Å²) in [5.74, 6) is 0. The molecule has 0 bridgehead atoms. The molecule has 172 valence electrons. The lowest BCUT2D eigenvalue weighted by Gasteiger charge is -2.39. The van der Waals surface area contributed by atoms with Crippen LogP contribution in [0.3, 0.4) is 0 Å². The van der Waals surface area contributed by atoms with Gasteiger partial charge in [-0.15, -0.1) is 0 Å². The van der Waals surface area contributed by atoms with E-state index in [0.29, 0.717) is 0 Å². The second-order valence-corrected chi connectivity index (χ2v) is 9.33. The standard InChI is InChI=1S/C24H27Cl2N3.C2H7N/c1-2-27-29-18-24(22-17-21(26)10-11-23(22)29)12-15-28(16-13-24)14-4-3-5-19-6-8-20(25)9-7-19;1-3-2/h2-3,5-11,17H,4,12-16,18H2,1H3;3H,1-2H3/b5-3?,27-2+;. The van der Waals surface area contributed by atoms with Gasteiger partial charge in [0.2, 0.25) is 0 Å². The molecule has 0 saturated carbocycles. The number of hydrogen-bond donors (Lipinski definition) is 1. The number of benzene rings is 2. The first-order valence-corrected chi connectivity index (χ1v) is 12.1. The number of halogens is 2. The summed E-state index contributed by atoms with van der Waals surface area (Å²) >= 11 is 12.3. The van der Waals surface area contributed by atoms with Crippen molar-refractivity contribution < 1.29 is 0 Å². The van der Waals surface area contributed by atoms with Crippen LogP contribution in [0.1, 0.15) is 37.3 Å². The Bertz CT molecular complexity index is 916. The molecule has 4 nitrogen and oxygen atoms in total. The number of nitrogens with zero attached hydrogens (tertiary/aromatic N) is 3. The van der Waals surface area contributed by atoms with Gasteiger partial charge in [-0.25, -0.2) is 0 Å². The van der Waals surface area contributed by atoms with Gasteiger partial charge in [0.05, 0.1) is 12.2 Å². The van der Waals surface area contributed by atoms with Crippen LogP contribution >= 0.6 is 23.2 Å². The molecule has 0 aliphatic carbocycles. The van der Waals surface area contributed by atoms with Gasteiger partial charge in [0.1, 0.15) is 0 Å². The highest BCUT2D eigenvalue weighted by Crippen LogP contribution is 2.48. The molecule has 2 aromatic rings. The Labute approximate surface area is 202 Å². The number of piperidine rings is 1. The molecule has 0 amide bonds. The minimum Gasteiger partial charge on any atom is -0.323 e. The van der Waals surface area contributed by atoms with E-state index in [1.165, 1.54) is 16.8 Å². The van der Waals surface area contributed by atoms with Crippen molar-refractivity contribution in [3.8, 4) is 0 Å². The van der Waals surface area contributed by atoms with Crippen LogP contribution in [-0.4, -0.2) is 51.4 Å². The molecule has 6 heteroatoms. The first kappa shape index (κ1) is 24.8. The van der Waals surface area contributed by atoms with Crippen LogP contribution < -0.4 is 10.3 Å². The topological polar surface area (TPSA) is 30.9 Å². The molecule has 0 aromatic heterocycles. The largest absolute Gasteiger partial charge is 0.323 e. The van der Waals surface area contributed by atoms with Crippen LogP contribution in [0.15, 0.2) is 53.6 Å². The van der Waals surface area contributed by atoms with E-state index in [2.05, 4.69) is 56.7 Å². The molecule has 0 radical (unpaired) electrons. The van der Waals surface area contributed by atoms with E-state index >= 15 is 0 Å². The molecule has 32 heavy (non-hydrogen) atoms. The molecule has 1 fully saturated rings. The van der Waals surface area contributed by atoms with E-state index in [1.54, 1.807) is 0 Å². The number of rotatable bonds is 5. The average Bonchev–Trinajstić information content (AvgIpc) is 3.07. The molecular formula is C26H34Cl2N4. The zero-order valence-electron chi connectivity index (χ0n) is 19.3. The number of likely N-dealkylation sites (tertiary alicyclic amines) is 1. The Hall–Kier alpha value is -1.85. The van der Waals surface area contributed by atoms with Gasteiger partial charge < -0.3 is 10.2 Å². The fourth-order valence-corrected chi connectivity index (χ4v) is 4.84. The predicted octanol–water partition coefficient (Wildman–Crippen LogP) is 6.09. The quantitative estimate of drug-likeness (QED) is 0.533. The van der Waals surface area contributed by atoms with Crippen molar-refractivity contribution in [2.75, 3.05) is 45.3 Å². The Morgan fingerprint density at radius 1 is 1.03 bits per heavy atom. The molecule has 4 rings (SSSR count). The molecule has 2 aliphatic heterocycles. The number of hydrogen-bond acceptors (Lipinski definition) is 4. The van der Waals surface area contributed by atoms with Crippen molar-refractivity contribution in [3.63, 3.8) is 0 Å². The van der Waals surface area contributed by atoms with Gasteiger partial charge in [-0.2, -0.15) is 5.10 Å². The fraction of sp³-hybridized carbons (Fsp3) is 0.423. The minimum atomic E-state index is 0.169. The van der Waals surface area contributed by atoms with Gasteiger partial charge >= 0.3 is 0 Å². The predicted molar refractivity (Wildman–Crippen MR) is 140 cm³/mol. The Morgan fingerprint density at radius 2 is 1.69 bits per heavy atom. The van der Waals surface area contributed by atoms with Crippen molar-refractivity contribution in [1.82, 2.24) is 10.2 Å². The molecule has 0 unspecified atom stereocenters. The normalized spacial score (nSPS) is 17.7. The van der Waals surface area contributed by atoms with Crippen LogP contribution in [0, 0.1) is 0 Å². The van der Waals surface area contributed by atoms with E-state index in [1.807, 2.05) is 45.4 Å². The lowest BCUT2D eigenvalue weighted by Crippen LogP contribution is -2.44. The molecule has 2 aromatic carbocycles. The first-order valence-electron chi connectivity index (χ1n) is 11.3. The van der Waals surface area contributed by atoms with Gasteiger partial charge in [-0.05, 0) is 94.8 Å². The molecule has 0 atom stereocenters. The Morgan fingerprint density at radius 3 is 2.34 bits per heavy atom. The summed E-state index contributed by atoms with van der Waals surface area (Å²) in [6.07, 6.45) is 9.67. The van der Waals surface area contributed by atoms with Crippen molar-refractivity contribution in [2.24, 2.45) is 5.10 Å². The summed E-state index contributed by atoms with van der Waals surface area (Å²) < 4.78 is 0. The maximum Gasteiger partial charge on any atom is 0.0633 e. The van der Waals surface area contributed by atoms with Crippen molar-refractivity contribution in [2.45, 2.75) is 31.6 Å². The van der Waals surface area contributed by atoms with Crippen LogP contribution in [0.25, 0.3) is 6.08 Å². The molecule has 2 heterocycles. The van der Waals surface area contributed by atoms with Gasteiger partial charge in [-0.1, -0.05) is 47.5 Å². The van der Waals surface area contributed by atoms with E-state index < -0.39 is 0 Å². The number of anilines is 1. The Balaban J connectivity index is 0.000000913. The maximum absolute atomic E-state index is 6.34. The van der Waals surface area contributed by atoms with Crippen molar-refractivity contribution >= 4 is 41.2 Å². The first-order chi connectivity index (χ1) is 15.5. The van der Waals surface area contributed by atoms with Crippen LogP contribution in [0.5, 0.6) is 0 Å². The van der Waals surface area contributed by atoms with Gasteiger partial charge in [0.25, 0.3) is 0 Å². The molecular weight excluding hydrogens is 439 g/mol. The smallest absolute Gasteiger partial charge is 0.0633 e. The van der Waals surface area contributed by atoms with Gasteiger partial charge in [-0.3, -0.25) is 5.01 Å². The zero-order valence-corrected chi connectivity index (χ0v) is 20.8. The highest BCUT2D eigenvalue weighted by molar-refractivity contribution is 6.31. The number of hydrazone groups is 1. The van der Waals surface area contributed by atoms with Crippen molar-refractivity contribution in [1.29, 1.82) is 0 Å². The molecule has 2 aliphatic rings. The van der Waals surface area contributed by atoms with Gasteiger partial charge in [0, 0.05) is 28.2 Å². The summed E-state index contributed by atoms with van der Waals surface area (Å²) in [5, 5.41) is 11.1. The average molecular weight is 473 g/mol. The highest BCUT2D eigenvalue weighted by atomic mass is 35.5. The van der Waals surface area contributed by atoms with E-state index in [-0.39, 0.29) is 5.41 Å². The SMILES string of the molecule is C/C=N/N1CC2(CCN(CCC=Cc3ccc(Cl)cc3)CC2)c2cc(Cl)ccc21.CNC. The van der Waals surface area contributed by atoms with Crippen LogP contribution in [0.2, 0.25) is 10.0 Å². The molecule has 1 N–H and O–H groups in total. The second kappa shape index (κ2) is 11.9. The Kier molecular flexibility index (Phi) is 9.18. The highest BCUT2D eigenvalue weighted by Gasteiger charge is 2.44. The third kappa shape index (κ3) is 6.14. The van der Waals surface area contributed by atoms with E-state index in [4.69, 9.17) is 23.2 Å². The molecule has 1 saturated heterocycles. The van der Waals surface area contributed by atoms with E-state index in [9.17, 15) is 0 Å². The van der Waals surface area contributed by atoms with Gasteiger partial charge in [0.15, 0.2) is 0 Å². The summed E-state index contributed by atoms with van der Waals surface area (Å²) in [6, 6.07) is 14.2. The number of nitrogens with one attached hydrogen (secondary N) is 1. The van der Waals surface area contributed by atoms with Crippen molar-refractivity contribution in [3.05, 3.63) is 69.7 Å². The van der Waals surface area contributed by atoms with Crippen LogP contribution in [-0.2, 0) is 5.41 Å². The lowest BCUT2D eigenvalue weighted by molar-refractivity contribution is 0.169. The van der Waals surface area contributed by atoms with E-state index in [0.717, 1.165) is 55.5 Å². The monoisotopic (exact) mass is 472 g/mol. The minimum absolute atomic E-state index is 0.169. The lowest BCUT2D eigenvalue weighted by atomic mass is 9.74. The summed E-state index contributed by atoms with van der Waals surface area (Å²) in [4.78, 5) is 2.58. The fourth-order valence-electron chi connectivity index (χ4n) is 4.54. The summed E-state index contributed by atoms with van der Waals surface area (Å²) in [7, 11) is 3.75. The second-order valence-electron chi connectivity index (χ2n) is 8.46. The molecule has 1 spiro atoms. The zero-order chi connectivity index (χ0) is 23.0. The third-order valence-electron chi connectivity index (χ3n) is 6.12. The number of fused-ring (bicyclic) bond motifs is 2. The third-order valence-corrected chi connectivity index (χ3v) is 6.61. The summed E-state index contributed by atoms with van der Waals surface area (Å²) in [6.45, 7) is 6.26. The van der Waals surface area contributed by atoms with Crippen LogP contribution in [0.4, 0.5) is 5.69 Å². The summed E-state index contributed by atoms with van der Waals surface area (Å²) in [5.41, 5.74) is 3.95.